The highest BCUT2D eigenvalue weighted by atomic mass is 16.5. The third-order valence-electron chi connectivity index (χ3n) is 4.13. The lowest BCUT2D eigenvalue weighted by molar-refractivity contribution is 0.0992. The molecule has 3 heterocycles. The van der Waals surface area contributed by atoms with Crippen molar-refractivity contribution in [2.75, 3.05) is 7.05 Å². The Kier molecular flexibility index (Phi) is 3.65. The van der Waals surface area contributed by atoms with E-state index in [-0.39, 0.29) is 0 Å². The molecule has 1 aromatic heterocycles. The molecule has 6 heteroatoms. The first-order valence-electron chi connectivity index (χ1n) is 7.21. The van der Waals surface area contributed by atoms with E-state index >= 15 is 0 Å². The van der Waals surface area contributed by atoms with Gasteiger partial charge < -0.3 is 19.8 Å². The summed E-state index contributed by atoms with van der Waals surface area (Å²) >= 11 is 0. The zero-order valence-electron chi connectivity index (χ0n) is 12.3. The highest BCUT2D eigenvalue weighted by Crippen LogP contribution is 2.34. The van der Waals surface area contributed by atoms with Crippen LogP contribution in [0.15, 0.2) is 9.41 Å². The Morgan fingerprint density at radius 3 is 2.80 bits per heavy atom. The Labute approximate surface area is 119 Å². The van der Waals surface area contributed by atoms with Crippen molar-refractivity contribution < 1.29 is 9.15 Å². The van der Waals surface area contributed by atoms with Crippen molar-refractivity contribution in [1.29, 1.82) is 0 Å². The summed E-state index contributed by atoms with van der Waals surface area (Å²) in [4.78, 5) is 8.60. The molecule has 0 spiro atoms. The molecule has 2 fully saturated rings. The second kappa shape index (κ2) is 5.44. The minimum Gasteiger partial charge on any atom is -0.444 e. The van der Waals surface area contributed by atoms with Crippen molar-refractivity contribution in [2.24, 2.45) is 4.99 Å². The van der Waals surface area contributed by atoms with Gasteiger partial charge in [-0.1, -0.05) is 0 Å². The molecule has 0 saturated carbocycles. The zero-order chi connectivity index (χ0) is 14.1. The van der Waals surface area contributed by atoms with Crippen LogP contribution in [0.3, 0.4) is 0 Å². The molecule has 3 unspecified atom stereocenters. The molecule has 1 aromatic rings. The molecule has 20 heavy (non-hydrogen) atoms. The van der Waals surface area contributed by atoms with E-state index in [9.17, 15) is 0 Å². The van der Waals surface area contributed by atoms with E-state index in [0.29, 0.717) is 30.7 Å². The standard InChI is InChI=1S/C14H22N4O2/c1-8-9(2)19-13(17-8)7-16-14(15-3)18-11-6-10-4-5-12(11)20-10/h10-12H,4-7H2,1-3H3,(H2,15,16,18). The summed E-state index contributed by atoms with van der Waals surface area (Å²) in [5.74, 6) is 2.33. The van der Waals surface area contributed by atoms with Gasteiger partial charge in [-0.3, -0.25) is 4.99 Å². The molecule has 2 saturated heterocycles. The number of fused-ring (bicyclic) bond motifs is 2. The first-order valence-corrected chi connectivity index (χ1v) is 7.21. The number of aliphatic imine (C=N–C) groups is 1. The molecule has 2 aliphatic rings. The third kappa shape index (κ3) is 2.65. The number of hydrogen-bond acceptors (Lipinski definition) is 4. The number of oxazole rings is 1. The fourth-order valence-corrected chi connectivity index (χ4v) is 2.93. The van der Waals surface area contributed by atoms with Crippen LogP contribution in [0.2, 0.25) is 0 Å². The van der Waals surface area contributed by atoms with E-state index in [0.717, 1.165) is 30.3 Å². The van der Waals surface area contributed by atoms with Gasteiger partial charge in [0.1, 0.15) is 5.76 Å². The summed E-state index contributed by atoms with van der Waals surface area (Å²) in [6, 6.07) is 0.369. The maximum absolute atomic E-state index is 5.84. The molecule has 2 N–H and O–H groups in total. The van der Waals surface area contributed by atoms with Crippen LogP contribution in [0, 0.1) is 13.8 Å². The van der Waals surface area contributed by atoms with E-state index in [2.05, 4.69) is 20.6 Å². The van der Waals surface area contributed by atoms with Crippen molar-refractivity contribution in [3.63, 3.8) is 0 Å². The zero-order valence-corrected chi connectivity index (χ0v) is 12.3. The number of guanidine groups is 1. The first kappa shape index (κ1) is 13.4. The Morgan fingerprint density at radius 1 is 1.40 bits per heavy atom. The molecule has 0 aliphatic carbocycles. The van der Waals surface area contributed by atoms with Crippen molar-refractivity contribution in [3.05, 3.63) is 17.3 Å². The molecular formula is C14H22N4O2. The number of hydrogen-bond donors (Lipinski definition) is 2. The Hall–Kier alpha value is -1.56. The maximum Gasteiger partial charge on any atom is 0.214 e. The van der Waals surface area contributed by atoms with Crippen LogP contribution in [0.4, 0.5) is 0 Å². The van der Waals surface area contributed by atoms with Crippen LogP contribution in [-0.2, 0) is 11.3 Å². The average molecular weight is 278 g/mol. The van der Waals surface area contributed by atoms with Crippen molar-refractivity contribution in [2.45, 2.75) is 57.9 Å². The number of nitrogens with zero attached hydrogens (tertiary/aromatic N) is 2. The van der Waals surface area contributed by atoms with E-state index in [1.807, 2.05) is 13.8 Å². The molecule has 110 valence electrons. The smallest absolute Gasteiger partial charge is 0.214 e. The molecule has 6 nitrogen and oxygen atoms in total. The van der Waals surface area contributed by atoms with E-state index < -0.39 is 0 Å². The van der Waals surface area contributed by atoms with Gasteiger partial charge in [-0.05, 0) is 33.1 Å². The molecule has 0 amide bonds. The number of aryl methyl sites for hydroxylation is 2. The molecule has 3 atom stereocenters. The maximum atomic E-state index is 5.84. The fraction of sp³-hybridized carbons (Fsp3) is 0.714. The van der Waals surface area contributed by atoms with Crippen molar-refractivity contribution >= 4 is 5.96 Å². The Morgan fingerprint density at radius 2 is 2.25 bits per heavy atom. The number of nitrogens with one attached hydrogen (secondary N) is 2. The summed E-state index contributed by atoms with van der Waals surface area (Å²) in [7, 11) is 1.77. The molecule has 0 aromatic carbocycles. The highest BCUT2D eigenvalue weighted by Gasteiger charge is 2.41. The largest absolute Gasteiger partial charge is 0.444 e. The van der Waals surface area contributed by atoms with E-state index in [1.54, 1.807) is 7.05 Å². The number of rotatable bonds is 3. The predicted octanol–water partition coefficient (Wildman–Crippen LogP) is 1.28. The second-order valence-electron chi connectivity index (χ2n) is 5.54. The minimum absolute atomic E-state index is 0.338. The monoisotopic (exact) mass is 278 g/mol. The van der Waals surface area contributed by atoms with Crippen LogP contribution in [0.5, 0.6) is 0 Å². The van der Waals surface area contributed by atoms with Crippen LogP contribution >= 0.6 is 0 Å². The van der Waals surface area contributed by atoms with E-state index in [4.69, 9.17) is 9.15 Å². The molecule has 3 rings (SSSR count). The highest BCUT2D eigenvalue weighted by molar-refractivity contribution is 5.80. The van der Waals surface area contributed by atoms with Crippen molar-refractivity contribution in [1.82, 2.24) is 15.6 Å². The van der Waals surface area contributed by atoms with Crippen LogP contribution in [0.1, 0.15) is 36.6 Å². The lowest BCUT2D eigenvalue weighted by atomic mass is 9.96. The Bertz CT molecular complexity index is 492. The molecular weight excluding hydrogens is 256 g/mol. The summed E-state index contributed by atoms with van der Waals surface area (Å²) in [6.45, 7) is 4.41. The van der Waals surface area contributed by atoms with Gasteiger partial charge in [-0.2, -0.15) is 0 Å². The quantitative estimate of drug-likeness (QED) is 0.643. The Balaban J connectivity index is 1.52. The third-order valence-corrected chi connectivity index (χ3v) is 4.13. The average Bonchev–Trinajstić information content (AvgIpc) is 3.11. The number of ether oxygens (including phenoxy) is 1. The van der Waals surface area contributed by atoms with Gasteiger partial charge in [0.25, 0.3) is 0 Å². The summed E-state index contributed by atoms with van der Waals surface area (Å²) < 4.78 is 11.4. The SMILES string of the molecule is CN=C(NCc1nc(C)c(C)o1)NC1CC2CCC1O2. The lowest BCUT2D eigenvalue weighted by Gasteiger charge is -2.22. The first-order chi connectivity index (χ1) is 9.65. The van der Waals surface area contributed by atoms with Crippen LogP contribution in [0.25, 0.3) is 0 Å². The fourth-order valence-electron chi connectivity index (χ4n) is 2.93. The van der Waals surface area contributed by atoms with Gasteiger partial charge in [0.05, 0.1) is 30.5 Å². The summed E-state index contributed by atoms with van der Waals surface area (Å²) in [5.41, 5.74) is 0.936. The minimum atomic E-state index is 0.338. The molecule has 2 aliphatic heterocycles. The van der Waals surface area contributed by atoms with Crippen LogP contribution < -0.4 is 10.6 Å². The van der Waals surface area contributed by atoms with Gasteiger partial charge >= 0.3 is 0 Å². The normalized spacial score (nSPS) is 28.9. The topological polar surface area (TPSA) is 71.7 Å². The van der Waals surface area contributed by atoms with Gasteiger partial charge in [0.2, 0.25) is 5.89 Å². The number of aromatic nitrogens is 1. The lowest BCUT2D eigenvalue weighted by Crippen LogP contribution is -2.47. The van der Waals surface area contributed by atoms with Crippen molar-refractivity contribution in [3.8, 4) is 0 Å². The van der Waals surface area contributed by atoms with Gasteiger partial charge in [0, 0.05) is 7.05 Å². The van der Waals surface area contributed by atoms with E-state index in [1.165, 1.54) is 6.42 Å². The molecule has 0 radical (unpaired) electrons. The van der Waals surface area contributed by atoms with Crippen LogP contribution in [-0.4, -0.2) is 36.2 Å². The second-order valence-corrected chi connectivity index (χ2v) is 5.54. The van der Waals surface area contributed by atoms with Gasteiger partial charge in [0.15, 0.2) is 5.96 Å². The van der Waals surface area contributed by atoms with Gasteiger partial charge in [-0.25, -0.2) is 4.98 Å². The molecule has 2 bridgehead atoms. The van der Waals surface area contributed by atoms with Gasteiger partial charge in [-0.15, -0.1) is 0 Å². The predicted molar refractivity (Wildman–Crippen MR) is 75.6 cm³/mol. The summed E-state index contributed by atoms with van der Waals surface area (Å²) in [6.07, 6.45) is 4.20. The summed E-state index contributed by atoms with van der Waals surface area (Å²) in [5, 5.41) is 6.67.